The van der Waals surface area contributed by atoms with Crippen LogP contribution in [0.4, 0.5) is 4.79 Å². The Labute approximate surface area is 120 Å². The van der Waals surface area contributed by atoms with Gasteiger partial charge in [-0.15, -0.1) is 0 Å². The van der Waals surface area contributed by atoms with Crippen molar-refractivity contribution in [3.05, 3.63) is 0 Å². The molecule has 1 saturated carbocycles. The SMILES string of the molecule is CCC(C(=O)O)N(C)C(=O)N1CCC2CCCCC2C1. The minimum Gasteiger partial charge on any atom is -0.480 e. The van der Waals surface area contributed by atoms with Crippen LogP contribution < -0.4 is 0 Å². The van der Waals surface area contributed by atoms with E-state index in [1.807, 2.05) is 4.90 Å². The van der Waals surface area contributed by atoms with E-state index < -0.39 is 12.0 Å². The molecule has 5 heteroatoms. The maximum atomic E-state index is 12.5. The van der Waals surface area contributed by atoms with Crippen molar-refractivity contribution in [3.8, 4) is 0 Å². The van der Waals surface area contributed by atoms with E-state index in [4.69, 9.17) is 5.11 Å². The van der Waals surface area contributed by atoms with E-state index >= 15 is 0 Å². The highest BCUT2D eigenvalue weighted by Crippen LogP contribution is 2.36. The Morgan fingerprint density at radius 2 is 1.90 bits per heavy atom. The first-order valence-electron chi connectivity index (χ1n) is 7.79. The highest BCUT2D eigenvalue weighted by atomic mass is 16.4. The molecule has 0 aromatic carbocycles. The number of urea groups is 1. The number of aliphatic carboxylic acids is 1. The smallest absolute Gasteiger partial charge is 0.326 e. The first kappa shape index (κ1) is 15.1. The third-order valence-electron chi connectivity index (χ3n) is 5.00. The molecule has 3 atom stereocenters. The highest BCUT2D eigenvalue weighted by molar-refractivity contribution is 5.82. The number of fused-ring (bicyclic) bond motifs is 1. The number of piperidine rings is 1. The van der Waals surface area contributed by atoms with E-state index in [1.54, 1.807) is 14.0 Å². The van der Waals surface area contributed by atoms with Gasteiger partial charge in [-0.3, -0.25) is 0 Å². The van der Waals surface area contributed by atoms with Crippen molar-refractivity contribution in [3.63, 3.8) is 0 Å². The van der Waals surface area contributed by atoms with Gasteiger partial charge < -0.3 is 14.9 Å². The minimum absolute atomic E-state index is 0.122. The zero-order chi connectivity index (χ0) is 14.7. The second kappa shape index (κ2) is 6.46. The van der Waals surface area contributed by atoms with Gasteiger partial charge in [-0.1, -0.05) is 26.2 Å². The molecule has 1 heterocycles. The Bertz CT molecular complexity index is 372. The van der Waals surface area contributed by atoms with Gasteiger partial charge in [0.15, 0.2) is 0 Å². The molecule has 0 spiro atoms. The lowest BCUT2D eigenvalue weighted by Crippen LogP contribution is -2.53. The van der Waals surface area contributed by atoms with E-state index in [9.17, 15) is 9.59 Å². The van der Waals surface area contributed by atoms with Gasteiger partial charge >= 0.3 is 12.0 Å². The number of rotatable bonds is 3. The first-order chi connectivity index (χ1) is 9.54. The van der Waals surface area contributed by atoms with E-state index in [0.717, 1.165) is 25.4 Å². The van der Waals surface area contributed by atoms with Gasteiger partial charge in [0.25, 0.3) is 0 Å². The average molecular weight is 282 g/mol. The standard InChI is InChI=1S/C15H26N2O3/c1-3-13(14(18)19)16(2)15(20)17-9-8-11-6-4-5-7-12(11)10-17/h11-13H,3-10H2,1-2H3,(H,18,19). The summed E-state index contributed by atoms with van der Waals surface area (Å²) in [5, 5.41) is 9.17. The molecule has 1 saturated heterocycles. The van der Waals surface area contributed by atoms with Gasteiger partial charge in [-0.25, -0.2) is 9.59 Å². The molecule has 1 N–H and O–H groups in total. The van der Waals surface area contributed by atoms with Crippen molar-refractivity contribution in [1.29, 1.82) is 0 Å². The minimum atomic E-state index is -0.920. The van der Waals surface area contributed by atoms with Crippen LogP contribution in [-0.2, 0) is 4.79 Å². The van der Waals surface area contributed by atoms with Crippen molar-refractivity contribution >= 4 is 12.0 Å². The van der Waals surface area contributed by atoms with Crippen LogP contribution in [0.3, 0.4) is 0 Å². The van der Waals surface area contributed by atoms with Gasteiger partial charge in [-0.2, -0.15) is 0 Å². The van der Waals surface area contributed by atoms with Gasteiger partial charge in [0.2, 0.25) is 0 Å². The lowest BCUT2D eigenvalue weighted by atomic mass is 9.75. The highest BCUT2D eigenvalue weighted by Gasteiger charge is 2.35. The number of carboxylic acids is 1. The Balaban J connectivity index is 1.97. The third kappa shape index (κ3) is 3.07. The van der Waals surface area contributed by atoms with Crippen molar-refractivity contribution in [2.45, 2.75) is 51.5 Å². The molecule has 0 bridgehead atoms. The summed E-state index contributed by atoms with van der Waals surface area (Å²) in [6, 6.07) is -0.838. The molecule has 0 aromatic heterocycles. The summed E-state index contributed by atoms with van der Waals surface area (Å²) >= 11 is 0. The molecule has 0 radical (unpaired) electrons. The number of likely N-dealkylation sites (tertiary alicyclic amines) is 1. The molecular formula is C15H26N2O3. The fourth-order valence-electron chi connectivity index (χ4n) is 3.75. The monoisotopic (exact) mass is 282 g/mol. The Kier molecular flexibility index (Phi) is 4.89. The molecule has 1 aliphatic heterocycles. The molecule has 2 aliphatic rings. The summed E-state index contributed by atoms with van der Waals surface area (Å²) in [7, 11) is 1.61. The number of hydrogen-bond acceptors (Lipinski definition) is 2. The summed E-state index contributed by atoms with van der Waals surface area (Å²) in [5.41, 5.74) is 0. The average Bonchev–Trinajstić information content (AvgIpc) is 2.46. The van der Waals surface area contributed by atoms with E-state index in [-0.39, 0.29) is 6.03 Å². The van der Waals surface area contributed by atoms with E-state index in [2.05, 4.69) is 0 Å². The van der Waals surface area contributed by atoms with Crippen LogP contribution in [0, 0.1) is 11.8 Å². The van der Waals surface area contributed by atoms with Crippen LogP contribution in [0.5, 0.6) is 0 Å². The van der Waals surface area contributed by atoms with Crippen molar-refractivity contribution in [1.82, 2.24) is 9.80 Å². The maximum absolute atomic E-state index is 12.5. The summed E-state index contributed by atoms with van der Waals surface area (Å²) in [5.74, 6) is 0.482. The Morgan fingerprint density at radius 3 is 2.50 bits per heavy atom. The summed E-state index contributed by atoms with van der Waals surface area (Å²) in [6.07, 6.45) is 6.63. The summed E-state index contributed by atoms with van der Waals surface area (Å²) in [6.45, 7) is 3.39. The molecular weight excluding hydrogens is 256 g/mol. The van der Waals surface area contributed by atoms with Crippen LogP contribution in [0.15, 0.2) is 0 Å². The Hall–Kier alpha value is -1.26. The zero-order valence-electron chi connectivity index (χ0n) is 12.5. The number of likely N-dealkylation sites (N-methyl/N-ethyl adjacent to an activating group) is 1. The third-order valence-corrected chi connectivity index (χ3v) is 5.00. The van der Waals surface area contributed by atoms with E-state index in [1.165, 1.54) is 30.6 Å². The maximum Gasteiger partial charge on any atom is 0.326 e. The van der Waals surface area contributed by atoms with Crippen LogP contribution in [0.25, 0.3) is 0 Å². The molecule has 2 fully saturated rings. The molecule has 2 amide bonds. The molecule has 114 valence electrons. The fraction of sp³-hybridized carbons (Fsp3) is 0.867. The molecule has 20 heavy (non-hydrogen) atoms. The normalized spacial score (nSPS) is 27.6. The zero-order valence-corrected chi connectivity index (χ0v) is 12.5. The molecule has 3 unspecified atom stereocenters. The Morgan fingerprint density at radius 1 is 1.25 bits per heavy atom. The largest absolute Gasteiger partial charge is 0.480 e. The number of hydrogen-bond donors (Lipinski definition) is 1. The lowest BCUT2D eigenvalue weighted by Gasteiger charge is -2.42. The van der Waals surface area contributed by atoms with Crippen molar-refractivity contribution in [2.75, 3.05) is 20.1 Å². The van der Waals surface area contributed by atoms with Crippen LogP contribution in [-0.4, -0.2) is 53.1 Å². The summed E-state index contributed by atoms with van der Waals surface area (Å²) < 4.78 is 0. The second-order valence-corrected chi connectivity index (χ2v) is 6.20. The number of carboxylic acid groups (broad SMARTS) is 1. The predicted octanol–water partition coefficient (Wildman–Crippen LogP) is 2.41. The summed E-state index contributed by atoms with van der Waals surface area (Å²) in [4.78, 5) is 26.9. The molecule has 0 aromatic rings. The van der Waals surface area contributed by atoms with Crippen LogP contribution >= 0.6 is 0 Å². The number of carbonyl (C=O) groups excluding carboxylic acids is 1. The molecule has 1 aliphatic carbocycles. The first-order valence-corrected chi connectivity index (χ1v) is 7.79. The molecule has 5 nitrogen and oxygen atoms in total. The van der Waals surface area contributed by atoms with Gasteiger partial charge in [0, 0.05) is 20.1 Å². The van der Waals surface area contributed by atoms with Crippen molar-refractivity contribution in [2.24, 2.45) is 11.8 Å². The van der Waals surface area contributed by atoms with E-state index in [0.29, 0.717) is 12.3 Å². The van der Waals surface area contributed by atoms with Crippen LogP contribution in [0.2, 0.25) is 0 Å². The predicted molar refractivity (Wildman–Crippen MR) is 76.5 cm³/mol. The van der Waals surface area contributed by atoms with Gasteiger partial charge in [0.1, 0.15) is 6.04 Å². The number of amides is 2. The number of carbonyl (C=O) groups is 2. The van der Waals surface area contributed by atoms with Gasteiger partial charge in [-0.05, 0) is 31.1 Å². The quantitative estimate of drug-likeness (QED) is 0.864. The topological polar surface area (TPSA) is 60.9 Å². The second-order valence-electron chi connectivity index (χ2n) is 6.20. The molecule has 2 rings (SSSR count). The lowest BCUT2D eigenvalue weighted by molar-refractivity contribution is -0.142. The van der Waals surface area contributed by atoms with Crippen molar-refractivity contribution < 1.29 is 14.7 Å². The van der Waals surface area contributed by atoms with Gasteiger partial charge in [0.05, 0.1) is 0 Å². The fourth-order valence-corrected chi connectivity index (χ4v) is 3.75. The number of nitrogens with zero attached hydrogens (tertiary/aromatic N) is 2. The van der Waals surface area contributed by atoms with Crippen LogP contribution in [0.1, 0.15) is 45.4 Å².